The molecule has 2 aromatic rings. The maximum Gasteiger partial charge on any atom is 0.416 e. The number of hydrogen-bond acceptors (Lipinski definition) is 5. The van der Waals surface area contributed by atoms with E-state index in [9.17, 15) is 18.0 Å². The lowest BCUT2D eigenvalue weighted by atomic mass is 10.1. The summed E-state index contributed by atoms with van der Waals surface area (Å²) >= 11 is 1.20. The highest BCUT2D eigenvalue weighted by atomic mass is 32.1. The van der Waals surface area contributed by atoms with Crippen LogP contribution in [0.15, 0.2) is 40.8 Å². The summed E-state index contributed by atoms with van der Waals surface area (Å²) in [6.45, 7) is 0. The monoisotopic (exact) mass is 328 g/mol. The minimum absolute atomic E-state index is 0.368. The van der Waals surface area contributed by atoms with Gasteiger partial charge in [-0.05, 0) is 29.1 Å². The van der Waals surface area contributed by atoms with E-state index in [-0.39, 0.29) is 0 Å². The lowest BCUT2D eigenvalue weighted by Crippen LogP contribution is -2.04. The predicted octanol–water partition coefficient (Wildman–Crippen LogP) is 4.00. The Morgan fingerprint density at radius 2 is 1.95 bits per heavy atom. The minimum Gasteiger partial charge on any atom is -0.465 e. The molecule has 0 radical (unpaired) electrons. The minimum atomic E-state index is -4.36. The molecule has 0 aliphatic carbocycles. The van der Waals surface area contributed by atoms with Gasteiger partial charge in [0, 0.05) is 0 Å². The van der Waals surface area contributed by atoms with E-state index in [0.29, 0.717) is 16.1 Å². The van der Waals surface area contributed by atoms with Crippen molar-refractivity contribution in [2.45, 2.75) is 6.18 Å². The van der Waals surface area contributed by atoms with Crippen molar-refractivity contribution in [1.82, 2.24) is 0 Å². The first kappa shape index (κ1) is 16.0. The molecule has 0 fully saturated rings. The molecule has 0 aliphatic rings. The van der Waals surface area contributed by atoms with Gasteiger partial charge < -0.3 is 4.74 Å². The number of carbonyl (C=O) groups excluding carboxylic acids is 1. The van der Waals surface area contributed by atoms with Gasteiger partial charge in [-0.3, -0.25) is 5.43 Å². The number of methoxy groups -OCH3 is 1. The molecule has 1 aromatic carbocycles. The number of thiophene rings is 1. The van der Waals surface area contributed by atoms with E-state index in [1.807, 2.05) is 0 Å². The van der Waals surface area contributed by atoms with Crippen molar-refractivity contribution in [3.8, 4) is 0 Å². The Kier molecular flexibility index (Phi) is 4.81. The molecule has 1 aromatic heterocycles. The van der Waals surface area contributed by atoms with Crippen LogP contribution in [0.4, 0.5) is 18.9 Å². The fourth-order valence-electron chi connectivity index (χ4n) is 1.58. The molecule has 22 heavy (non-hydrogen) atoms. The van der Waals surface area contributed by atoms with Crippen molar-refractivity contribution in [3.05, 3.63) is 51.7 Å². The van der Waals surface area contributed by atoms with Gasteiger partial charge in [0.1, 0.15) is 4.88 Å². The topological polar surface area (TPSA) is 50.7 Å². The van der Waals surface area contributed by atoms with Crippen molar-refractivity contribution in [2.24, 2.45) is 5.10 Å². The molecule has 4 nitrogen and oxygen atoms in total. The van der Waals surface area contributed by atoms with Gasteiger partial charge in [0.25, 0.3) is 0 Å². The standard InChI is InChI=1S/C14H11F3N2O2S/c1-21-13(20)12-11(6-7-22-12)19-18-8-9-2-4-10(5-3-9)14(15,16)17/h2-8,19H,1H3/b18-8+. The fourth-order valence-corrected chi connectivity index (χ4v) is 2.34. The third kappa shape index (κ3) is 3.85. The summed E-state index contributed by atoms with van der Waals surface area (Å²) in [5.74, 6) is -0.484. The Morgan fingerprint density at radius 1 is 1.27 bits per heavy atom. The molecule has 0 amide bonds. The zero-order valence-electron chi connectivity index (χ0n) is 11.3. The van der Waals surface area contributed by atoms with Gasteiger partial charge in [-0.15, -0.1) is 11.3 Å². The number of halogens is 3. The van der Waals surface area contributed by atoms with Crippen molar-refractivity contribution in [3.63, 3.8) is 0 Å². The van der Waals surface area contributed by atoms with Crippen LogP contribution in [0.1, 0.15) is 20.8 Å². The third-order valence-electron chi connectivity index (χ3n) is 2.67. The first-order chi connectivity index (χ1) is 10.4. The first-order valence-electron chi connectivity index (χ1n) is 6.04. The maximum atomic E-state index is 12.4. The van der Waals surface area contributed by atoms with E-state index in [4.69, 9.17) is 0 Å². The molecule has 0 saturated carbocycles. The average molecular weight is 328 g/mol. The maximum absolute atomic E-state index is 12.4. The largest absolute Gasteiger partial charge is 0.465 e. The summed E-state index contributed by atoms with van der Waals surface area (Å²) in [5.41, 5.74) is 2.91. The summed E-state index contributed by atoms with van der Waals surface area (Å²) in [7, 11) is 1.28. The molecule has 2 rings (SSSR count). The van der Waals surface area contributed by atoms with Crippen LogP contribution in [0, 0.1) is 0 Å². The second-order valence-electron chi connectivity index (χ2n) is 4.14. The number of nitrogens with one attached hydrogen (secondary N) is 1. The summed E-state index contributed by atoms with van der Waals surface area (Å²) in [4.78, 5) is 11.8. The van der Waals surface area contributed by atoms with Crippen LogP contribution < -0.4 is 5.43 Å². The van der Waals surface area contributed by atoms with Crippen LogP contribution in [0.5, 0.6) is 0 Å². The summed E-state index contributed by atoms with van der Waals surface area (Å²) in [6.07, 6.45) is -3.00. The number of esters is 1. The quantitative estimate of drug-likeness (QED) is 0.524. The molecule has 0 saturated heterocycles. The fraction of sp³-hybridized carbons (Fsp3) is 0.143. The molecule has 1 N–H and O–H groups in total. The molecule has 1 heterocycles. The van der Waals surface area contributed by atoms with Crippen LogP contribution in [0.25, 0.3) is 0 Å². The normalized spacial score (nSPS) is 11.6. The van der Waals surface area contributed by atoms with E-state index in [1.54, 1.807) is 11.4 Å². The molecule has 0 unspecified atom stereocenters. The Hall–Kier alpha value is -2.35. The molecule has 8 heteroatoms. The number of ether oxygens (including phenoxy) is 1. The van der Waals surface area contributed by atoms with Gasteiger partial charge in [-0.25, -0.2) is 4.79 Å². The zero-order chi connectivity index (χ0) is 16.2. The number of nitrogens with zero attached hydrogens (tertiary/aromatic N) is 1. The first-order valence-corrected chi connectivity index (χ1v) is 6.92. The highest BCUT2D eigenvalue weighted by Gasteiger charge is 2.29. The molecule has 0 spiro atoms. The number of anilines is 1. The number of carbonyl (C=O) groups is 1. The number of benzene rings is 1. The number of hydrogen-bond donors (Lipinski definition) is 1. The van der Waals surface area contributed by atoms with E-state index in [1.165, 1.54) is 36.8 Å². The Morgan fingerprint density at radius 3 is 2.55 bits per heavy atom. The highest BCUT2D eigenvalue weighted by molar-refractivity contribution is 7.12. The van der Waals surface area contributed by atoms with Gasteiger partial charge in [0.15, 0.2) is 0 Å². The van der Waals surface area contributed by atoms with E-state index < -0.39 is 17.7 Å². The number of hydrazone groups is 1. The van der Waals surface area contributed by atoms with E-state index in [2.05, 4.69) is 15.3 Å². The molecule has 0 bridgehead atoms. The Bertz CT molecular complexity index is 678. The van der Waals surface area contributed by atoms with Gasteiger partial charge >= 0.3 is 12.1 Å². The summed E-state index contributed by atoms with van der Waals surface area (Å²) in [5, 5.41) is 5.59. The lowest BCUT2D eigenvalue weighted by molar-refractivity contribution is -0.137. The summed E-state index contributed by atoms with van der Waals surface area (Å²) in [6, 6.07) is 6.23. The SMILES string of the molecule is COC(=O)c1sccc1N/N=C/c1ccc(C(F)(F)F)cc1. The van der Waals surface area contributed by atoms with Gasteiger partial charge in [-0.1, -0.05) is 12.1 Å². The van der Waals surface area contributed by atoms with Crippen molar-refractivity contribution in [2.75, 3.05) is 12.5 Å². The highest BCUT2D eigenvalue weighted by Crippen LogP contribution is 2.29. The van der Waals surface area contributed by atoms with Gasteiger partial charge in [0.05, 0.1) is 24.6 Å². The summed E-state index contributed by atoms with van der Waals surface area (Å²) < 4.78 is 41.9. The zero-order valence-corrected chi connectivity index (χ0v) is 12.2. The van der Waals surface area contributed by atoms with Crippen LogP contribution >= 0.6 is 11.3 Å². The molecule has 116 valence electrons. The van der Waals surface area contributed by atoms with Crippen molar-refractivity contribution in [1.29, 1.82) is 0 Å². The smallest absolute Gasteiger partial charge is 0.416 e. The van der Waals surface area contributed by atoms with Crippen LogP contribution in [-0.2, 0) is 10.9 Å². The van der Waals surface area contributed by atoms with Crippen LogP contribution in [0.2, 0.25) is 0 Å². The lowest BCUT2D eigenvalue weighted by Gasteiger charge is -2.05. The molecular formula is C14H11F3N2O2S. The number of rotatable bonds is 4. The van der Waals surface area contributed by atoms with Crippen LogP contribution in [-0.4, -0.2) is 19.3 Å². The molecular weight excluding hydrogens is 317 g/mol. The number of alkyl halides is 3. The third-order valence-corrected chi connectivity index (χ3v) is 3.57. The van der Waals surface area contributed by atoms with Gasteiger partial charge in [-0.2, -0.15) is 18.3 Å². The molecule has 0 atom stereocenters. The van der Waals surface area contributed by atoms with Crippen molar-refractivity contribution >= 4 is 29.2 Å². The van der Waals surface area contributed by atoms with Crippen molar-refractivity contribution < 1.29 is 22.7 Å². The Balaban J connectivity index is 2.04. The average Bonchev–Trinajstić information content (AvgIpc) is 2.94. The van der Waals surface area contributed by atoms with Crippen LogP contribution in [0.3, 0.4) is 0 Å². The van der Waals surface area contributed by atoms with Gasteiger partial charge in [0.2, 0.25) is 0 Å². The Labute approximate surface area is 128 Å². The van der Waals surface area contributed by atoms with E-state index in [0.717, 1.165) is 12.1 Å². The van der Waals surface area contributed by atoms with E-state index >= 15 is 0 Å². The predicted molar refractivity (Wildman–Crippen MR) is 78.3 cm³/mol. The second-order valence-corrected chi connectivity index (χ2v) is 5.06. The second kappa shape index (κ2) is 6.61. The molecule has 0 aliphatic heterocycles.